The first-order chi connectivity index (χ1) is 12.8. The smallest absolute Gasteiger partial charge is 0.387 e. The minimum Gasteiger partial charge on any atom is -0.486 e. The number of carbonyl (C=O) groups is 1. The van der Waals surface area contributed by atoms with Crippen molar-refractivity contribution in [2.75, 3.05) is 12.3 Å². The van der Waals surface area contributed by atoms with Crippen molar-refractivity contribution in [3.05, 3.63) is 54.1 Å². The average Bonchev–Trinajstić information content (AvgIpc) is 2.61. The lowest BCUT2D eigenvalue weighted by Gasteiger charge is -2.26. The van der Waals surface area contributed by atoms with Crippen LogP contribution in [0, 0.1) is 0 Å². The maximum absolute atomic E-state index is 12.3. The zero-order valence-electron chi connectivity index (χ0n) is 14.1. The Kier molecular flexibility index (Phi) is 5.59. The molecule has 27 heavy (non-hydrogen) atoms. The standard InChI is InChI=1S/C18H17F2NO5S/c19-18(20)26-13-7-5-12(6-8-13)9-17(22)21-10-14-11-27(23,24)16-4-2-1-3-15(16)25-14/h1-8,14,18H,9-11H2,(H,21,22). The summed E-state index contributed by atoms with van der Waals surface area (Å²) < 4.78 is 58.6. The summed E-state index contributed by atoms with van der Waals surface area (Å²) in [5.74, 6) is -0.270. The largest absolute Gasteiger partial charge is 0.486 e. The van der Waals surface area contributed by atoms with E-state index < -0.39 is 22.6 Å². The number of alkyl halides is 2. The van der Waals surface area contributed by atoms with Crippen LogP contribution in [0.15, 0.2) is 53.4 Å². The first kappa shape index (κ1) is 19.1. The summed E-state index contributed by atoms with van der Waals surface area (Å²) >= 11 is 0. The van der Waals surface area contributed by atoms with Crippen molar-refractivity contribution < 1.29 is 31.5 Å². The third-order valence-corrected chi connectivity index (χ3v) is 5.74. The molecule has 1 unspecified atom stereocenters. The minimum absolute atomic E-state index is 0.00800. The number of halogens is 2. The van der Waals surface area contributed by atoms with Crippen LogP contribution >= 0.6 is 0 Å². The van der Waals surface area contributed by atoms with Crippen molar-refractivity contribution in [2.24, 2.45) is 0 Å². The van der Waals surface area contributed by atoms with Crippen molar-refractivity contribution in [1.29, 1.82) is 0 Å². The molecule has 0 fully saturated rings. The van der Waals surface area contributed by atoms with Crippen LogP contribution in [0.3, 0.4) is 0 Å². The van der Waals surface area contributed by atoms with E-state index in [2.05, 4.69) is 10.1 Å². The van der Waals surface area contributed by atoms with Gasteiger partial charge in [-0.15, -0.1) is 0 Å². The summed E-state index contributed by atoms with van der Waals surface area (Å²) in [6, 6.07) is 12.1. The van der Waals surface area contributed by atoms with Crippen LogP contribution in [0.2, 0.25) is 0 Å². The van der Waals surface area contributed by atoms with Crippen LogP contribution in [0.25, 0.3) is 0 Å². The second-order valence-corrected chi connectivity index (χ2v) is 7.97. The second kappa shape index (κ2) is 7.91. The number of hydrogen-bond donors (Lipinski definition) is 1. The number of hydrogen-bond acceptors (Lipinski definition) is 5. The van der Waals surface area contributed by atoms with Gasteiger partial charge in [0.1, 0.15) is 22.5 Å². The number of amides is 1. The Labute approximate surface area is 155 Å². The van der Waals surface area contributed by atoms with E-state index in [-0.39, 0.29) is 41.0 Å². The normalized spacial score (nSPS) is 17.7. The molecular formula is C18H17F2NO5S. The summed E-state index contributed by atoms with van der Waals surface area (Å²) in [4.78, 5) is 12.2. The molecule has 1 N–H and O–H groups in total. The van der Waals surface area contributed by atoms with Gasteiger partial charge in [-0.2, -0.15) is 8.78 Å². The predicted octanol–water partition coefficient (Wildman–Crippen LogP) is 2.18. The van der Waals surface area contributed by atoms with Gasteiger partial charge in [-0.1, -0.05) is 24.3 Å². The van der Waals surface area contributed by atoms with Crippen molar-refractivity contribution in [3.63, 3.8) is 0 Å². The Hall–Kier alpha value is -2.68. The van der Waals surface area contributed by atoms with Gasteiger partial charge in [-0.25, -0.2) is 8.42 Å². The Bertz CT molecular complexity index is 916. The topological polar surface area (TPSA) is 81.7 Å². The Morgan fingerprint density at radius 1 is 1.19 bits per heavy atom. The molecule has 0 bridgehead atoms. The van der Waals surface area contributed by atoms with Crippen LogP contribution in [0.5, 0.6) is 11.5 Å². The Balaban J connectivity index is 1.54. The summed E-state index contributed by atoms with van der Waals surface area (Å²) in [5, 5.41) is 2.64. The average molecular weight is 397 g/mol. The fourth-order valence-corrected chi connectivity index (χ4v) is 4.28. The molecule has 1 atom stereocenters. The molecule has 0 aromatic heterocycles. The Morgan fingerprint density at radius 3 is 2.59 bits per heavy atom. The summed E-state index contributed by atoms with van der Waals surface area (Å²) in [5.41, 5.74) is 0.608. The summed E-state index contributed by atoms with van der Waals surface area (Å²) in [7, 11) is -3.46. The van der Waals surface area contributed by atoms with Gasteiger partial charge in [0.15, 0.2) is 9.84 Å². The molecule has 6 nitrogen and oxygen atoms in total. The molecule has 0 radical (unpaired) electrons. The van der Waals surface area contributed by atoms with E-state index in [0.717, 1.165) is 0 Å². The number of nitrogens with one attached hydrogen (secondary N) is 1. The number of carbonyl (C=O) groups excluding carboxylic acids is 1. The number of para-hydroxylation sites is 1. The van der Waals surface area contributed by atoms with Crippen LogP contribution in [0.1, 0.15) is 5.56 Å². The second-order valence-electron chi connectivity index (χ2n) is 5.97. The molecule has 0 spiro atoms. The van der Waals surface area contributed by atoms with Gasteiger partial charge < -0.3 is 14.8 Å². The molecule has 2 aromatic rings. The van der Waals surface area contributed by atoms with Crippen molar-refractivity contribution >= 4 is 15.7 Å². The third kappa shape index (κ3) is 4.94. The molecule has 1 aliphatic heterocycles. The van der Waals surface area contributed by atoms with Crippen molar-refractivity contribution in [3.8, 4) is 11.5 Å². The first-order valence-corrected chi connectivity index (χ1v) is 9.77. The highest BCUT2D eigenvalue weighted by Gasteiger charge is 2.31. The van der Waals surface area contributed by atoms with Gasteiger partial charge in [-0.05, 0) is 29.8 Å². The van der Waals surface area contributed by atoms with E-state index in [1.54, 1.807) is 18.2 Å². The van der Waals surface area contributed by atoms with E-state index in [1.165, 1.54) is 30.3 Å². The molecule has 3 rings (SSSR count). The molecule has 0 aliphatic carbocycles. The van der Waals surface area contributed by atoms with Crippen LogP contribution < -0.4 is 14.8 Å². The maximum Gasteiger partial charge on any atom is 0.387 e. The number of rotatable bonds is 6. The van der Waals surface area contributed by atoms with E-state index in [0.29, 0.717) is 5.56 Å². The molecule has 0 saturated carbocycles. The minimum atomic E-state index is -3.46. The quantitative estimate of drug-likeness (QED) is 0.808. The number of benzene rings is 2. The Morgan fingerprint density at radius 2 is 1.89 bits per heavy atom. The fourth-order valence-electron chi connectivity index (χ4n) is 2.72. The van der Waals surface area contributed by atoms with Crippen molar-refractivity contribution in [2.45, 2.75) is 24.0 Å². The first-order valence-electron chi connectivity index (χ1n) is 8.12. The van der Waals surface area contributed by atoms with Crippen LogP contribution in [0.4, 0.5) is 8.78 Å². The lowest BCUT2D eigenvalue weighted by molar-refractivity contribution is -0.120. The highest BCUT2D eigenvalue weighted by molar-refractivity contribution is 7.91. The monoisotopic (exact) mass is 397 g/mol. The lowest BCUT2D eigenvalue weighted by atomic mass is 10.1. The molecule has 9 heteroatoms. The zero-order valence-corrected chi connectivity index (χ0v) is 14.9. The maximum atomic E-state index is 12.3. The highest BCUT2D eigenvalue weighted by atomic mass is 32.2. The predicted molar refractivity (Wildman–Crippen MR) is 92.7 cm³/mol. The van der Waals surface area contributed by atoms with Gasteiger partial charge in [0.2, 0.25) is 5.91 Å². The fraction of sp³-hybridized carbons (Fsp3) is 0.278. The van der Waals surface area contributed by atoms with Crippen molar-refractivity contribution in [1.82, 2.24) is 5.32 Å². The number of sulfone groups is 1. The molecule has 0 saturated heterocycles. The van der Waals surface area contributed by atoms with Crippen LogP contribution in [-0.2, 0) is 21.1 Å². The van der Waals surface area contributed by atoms with E-state index in [1.807, 2.05) is 0 Å². The van der Waals surface area contributed by atoms with Gasteiger partial charge in [0.05, 0.1) is 18.7 Å². The SMILES string of the molecule is O=C(Cc1ccc(OC(F)F)cc1)NCC1CS(=O)(=O)c2ccccc2O1. The van der Waals surface area contributed by atoms with E-state index >= 15 is 0 Å². The summed E-state index contributed by atoms with van der Waals surface area (Å²) in [6.07, 6.45) is -0.666. The number of ether oxygens (including phenoxy) is 2. The van der Waals surface area contributed by atoms with Gasteiger partial charge in [0, 0.05) is 0 Å². The third-order valence-electron chi connectivity index (χ3n) is 3.92. The molecule has 1 aliphatic rings. The zero-order chi connectivity index (χ0) is 19.4. The lowest BCUT2D eigenvalue weighted by Crippen LogP contribution is -2.42. The molecule has 2 aromatic carbocycles. The molecule has 1 heterocycles. The highest BCUT2D eigenvalue weighted by Crippen LogP contribution is 2.30. The molecule has 1 amide bonds. The van der Waals surface area contributed by atoms with E-state index in [4.69, 9.17) is 4.74 Å². The van der Waals surface area contributed by atoms with Gasteiger partial charge in [0.25, 0.3) is 0 Å². The van der Waals surface area contributed by atoms with Gasteiger partial charge in [-0.3, -0.25) is 4.79 Å². The van der Waals surface area contributed by atoms with Crippen LogP contribution in [-0.4, -0.2) is 39.3 Å². The summed E-state index contributed by atoms with van der Waals surface area (Å²) in [6.45, 7) is -2.87. The molecular weight excluding hydrogens is 380 g/mol. The molecule has 144 valence electrons. The van der Waals surface area contributed by atoms with Gasteiger partial charge >= 0.3 is 6.61 Å². The number of fused-ring (bicyclic) bond motifs is 1. The van der Waals surface area contributed by atoms with E-state index in [9.17, 15) is 22.0 Å².